The van der Waals surface area contributed by atoms with E-state index in [1.165, 1.54) is 12.3 Å². The minimum atomic E-state index is -1.09. The highest BCUT2D eigenvalue weighted by molar-refractivity contribution is 6.00. The first kappa shape index (κ1) is 18.2. The maximum absolute atomic E-state index is 13.4. The zero-order valence-electron chi connectivity index (χ0n) is 15.5. The average Bonchev–Trinajstić information content (AvgIpc) is 3.00. The van der Waals surface area contributed by atoms with Gasteiger partial charge in [0.05, 0.1) is 23.0 Å². The number of nitrogens with zero attached hydrogens (tertiary/aromatic N) is 4. The first-order chi connectivity index (χ1) is 13.5. The fourth-order valence-electron chi connectivity index (χ4n) is 4.29. The summed E-state index contributed by atoms with van der Waals surface area (Å²) in [4.78, 5) is 44.3. The molecule has 2 aromatic heterocycles. The van der Waals surface area contributed by atoms with Gasteiger partial charge in [0.2, 0.25) is 5.91 Å². The van der Waals surface area contributed by atoms with Crippen molar-refractivity contribution in [3.63, 3.8) is 0 Å². The molecule has 0 aromatic carbocycles. The number of carboxylic acid groups (broad SMARTS) is 1. The number of carboxylic acids is 1. The maximum atomic E-state index is 13.4. The quantitative estimate of drug-likeness (QED) is 0.858. The van der Waals surface area contributed by atoms with Gasteiger partial charge in [0, 0.05) is 38.1 Å². The fraction of sp³-hybridized carbons (Fsp3) is 0.400. The Morgan fingerprint density at radius 1 is 1.14 bits per heavy atom. The van der Waals surface area contributed by atoms with Gasteiger partial charge in [-0.1, -0.05) is 0 Å². The number of aromatic nitrogens is 2. The molecule has 4 rings (SSSR count). The van der Waals surface area contributed by atoms with Gasteiger partial charge in [0.15, 0.2) is 0 Å². The molecule has 1 atom stereocenters. The largest absolute Gasteiger partial charge is 0.480 e. The second kappa shape index (κ2) is 7.10. The van der Waals surface area contributed by atoms with E-state index in [1.807, 2.05) is 18.3 Å². The third-order valence-electron chi connectivity index (χ3n) is 5.69. The predicted molar refractivity (Wildman–Crippen MR) is 103 cm³/mol. The van der Waals surface area contributed by atoms with Crippen molar-refractivity contribution < 1.29 is 14.7 Å². The SMILES string of the molecule is O=C(O)Cn1cc(N2CC[C@]3(CCCN(c4cccnc4)C3)C2=O)ccc1=O. The molecule has 2 aliphatic heterocycles. The van der Waals surface area contributed by atoms with Crippen LogP contribution >= 0.6 is 0 Å². The Labute approximate surface area is 162 Å². The van der Waals surface area contributed by atoms with Crippen molar-refractivity contribution in [2.45, 2.75) is 25.8 Å². The molecule has 2 saturated heterocycles. The van der Waals surface area contributed by atoms with Crippen LogP contribution in [0.15, 0.2) is 47.7 Å². The third-order valence-corrected chi connectivity index (χ3v) is 5.69. The molecule has 0 aliphatic carbocycles. The van der Waals surface area contributed by atoms with E-state index < -0.39 is 23.5 Å². The highest BCUT2D eigenvalue weighted by Crippen LogP contribution is 2.42. The summed E-state index contributed by atoms with van der Waals surface area (Å²) in [7, 11) is 0. The topological polar surface area (TPSA) is 95.7 Å². The van der Waals surface area contributed by atoms with Crippen molar-refractivity contribution in [1.29, 1.82) is 0 Å². The minimum Gasteiger partial charge on any atom is -0.480 e. The van der Waals surface area contributed by atoms with Gasteiger partial charge >= 0.3 is 5.97 Å². The van der Waals surface area contributed by atoms with E-state index in [0.29, 0.717) is 18.8 Å². The second-order valence-corrected chi connectivity index (χ2v) is 7.47. The molecular weight excluding hydrogens is 360 g/mol. The predicted octanol–water partition coefficient (Wildman–Crippen LogP) is 1.35. The third kappa shape index (κ3) is 3.26. The van der Waals surface area contributed by atoms with Crippen molar-refractivity contribution in [1.82, 2.24) is 9.55 Å². The highest BCUT2D eigenvalue weighted by atomic mass is 16.4. The van der Waals surface area contributed by atoms with Gasteiger partial charge in [-0.2, -0.15) is 0 Å². The van der Waals surface area contributed by atoms with E-state index in [9.17, 15) is 14.4 Å². The second-order valence-electron chi connectivity index (χ2n) is 7.47. The van der Waals surface area contributed by atoms with Crippen LogP contribution in [-0.2, 0) is 16.1 Å². The number of hydrogen-bond donors (Lipinski definition) is 1. The van der Waals surface area contributed by atoms with E-state index in [0.717, 1.165) is 36.1 Å². The van der Waals surface area contributed by atoms with Gasteiger partial charge in [0.25, 0.3) is 5.56 Å². The zero-order valence-corrected chi connectivity index (χ0v) is 15.5. The summed E-state index contributed by atoms with van der Waals surface area (Å²) in [5.41, 5.74) is 0.735. The summed E-state index contributed by atoms with van der Waals surface area (Å²) in [6, 6.07) is 6.81. The summed E-state index contributed by atoms with van der Waals surface area (Å²) >= 11 is 0. The van der Waals surface area contributed by atoms with Crippen LogP contribution in [0.4, 0.5) is 11.4 Å². The van der Waals surface area contributed by atoms with Gasteiger partial charge in [-0.15, -0.1) is 0 Å². The van der Waals surface area contributed by atoms with Crippen molar-refractivity contribution >= 4 is 23.3 Å². The lowest BCUT2D eigenvalue weighted by Crippen LogP contribution is -2.48. The first-order valence-electron chi connectivity index (χ1n) is 9.38. The van der Waals surface area contributed by atoms with Gasteiger partial charge in [-0.05, 0) is 37.5 Å². The van der Waals surface area contributed by atoms with Crippen LogP contribution in [0, 0.1) is 5.41 Å². The Balaban J connectivity index is 1.58. The summed E-state index contributed by atoms with van der Waals surface area (Å²) in [5, 5.41) is 8.98. The molecule has 1 spiro atoms. The molecule has 2 aromatic rings. The fourth-order valence-corrected chi connectivity index (χ4v) is 4.29. The van der Waals surface area contributed by atoms with Crippen LogP contribution in [0.2, 0.25) is 0 Å². The van der Waals surface area contributed by atoms with Gasteiger partial charge in [-0.25, -0.2) is 0 Å². The van der Waals surface area contributed by atoms with Crippen LogP contribution in [-0.4, -0.2) is 46.2 Å². The van der Waals surface area contributed by atoms with Crippen LogP contribution in [0.3, 0.4) is 0 Å². The normalized spacial score (nSPS) is 22.1. The molecule has 0 radical (unpaired) electrons. The van der Waals surface area contributed by atoms with Crippen molar-refractivity contribution in [3.8, 4) is 0 Å². The molecule has 0 unspecified atom stereocenters. The van der Waals surface area contributed by atoms with Crippen molar-refractivity contribution in [2.75, 3.05) is 29.4 Å². The molecular formula is C20H22N4O4. The number of carbonyl (C=O) groups is 2. The Morgan fingerprint density at radius 3 is 2.75 bits per heavy atom. The number of rotatable bonds is 4. The Hall–Kier alpha value is -3.16. The molecule has 2 aliphatic rings. The van der Waals surface area contributed by atoms with E-state index in [1.54, 1.807) is 17.2 Å². The molecule has 2 fully saturated rings. The highest BCUT2D eigenvalue weighted by Gasteiger charge is 2.49. The summed E-state index contributed by atoms with van der Waals surface area (Å²) in [6.07, 6.45) is 7.51. The Bertz CT molecular complexity index is 958. The molecule has 0 bridgehead atoms. The van der Waals surface area contributed by atoms with Crippen LogP contribution in [0.1, 0.15) is 19.3 Å². The average molecular weight is 382 g/mol. The molecule has 8 heteroatoms. The number of carbonyl (C=O) groups excluding carboxylic acids is 1. The first-order valence-corrected chi connectivity index (χ1v) is 9.38. The number of piperidine rings is 1. The summed E-state index contributed by atoms with van der Waals surface area (Å²) < 4.78 is 1.12. The molecule has 146 valence electrons. The monoisotopic (exact) mass is 382 g/mol. The number of anilines is 2. The number of amides is 1. The molecule has 4 heterocycles. The Kier molecular flexibility index (Phi) is 4.62. The molecule has 1 N–H and O–H groups in total. The molecule has 28 heavy (non-hydrogen) atoms. The van der Waals surface area contributed by atoms with E-state index in [4.69, 9.17) is 5.11 Å². The zero-order chi connectivity index (χ0) is 19.7. The number of aliphatic carboxylic acids is 1. The maximum Gasteiger partial charge on any atom is 0.323 e. The van der Waals surface area contributed by atoms with Crippen LogP contribution in [0.5, 0.6) is 0 Å². The van der Waals surface area contributed by atoms with Crippen molar-refractivity contribution in [3.05, 3.63) is 53.2 Å². The smallest absolute Gasteiger partial charge is 0.323 e. The molecule has 8 nitrogen and oxygen atoms in total. The lowest BCUT2D eigenvalue weighted by molar-refractivity contribution is -0.137. The number of hydrogen-bond acceptors (Lipinski definition) is 5. The van der Waals surface area contributed by atoms with E-state index in [-0.39, 0.29) is 5.91 Å². The van der Waals surface area contributed by atoms with Gasteiger partial charge in [-0.3, -0.25) is 19.4 Å². The molecule has 0 saturated carbocycles. The molecule has 1 amide bonds. The lowest BCUT2D eigenvalue weighted by Gasteiger charge is -2.40. The van der Waals surface area contributed by atoms with E-state index in [2.05, 4.69) is 9.88 Å². The van der Waals surface area contributed by atoms with Crippen LogP contribution in [0.25, 0.3) is 0 Å². The lowest BCUT2D eigenvalue weighted by atomic mass is 9.78. The summed E-state index contributed by atoms with van der Waals surface area (Å²) in [6.45, 7) is 1.67. The van der Waals surface area contributed by atoms with Crippen molar-refractivity contribution in [2.24, 2.45) is 5.41 Å². The standard InChI is InChI=1S/C20H22N4O4/c25-17-5-4-16(12-23(17)13-18(26)27)24-10-7-20(19(24)28)6-2-9-22(14-20)15-3-1-8-21-11-15/h1,3-5,8,11-12H,2,6-7,9-10,13-14H2,(H,26,27)/t20-/m0/s1. The number of pyridine rings is 2. The van der Waals surface area contributed by atoms with Crippen LogP contribution < -0.4 is 15.4 Å². The van der Waals surface area contributed by atoms with E-state index >= 15 is 0 Å². The Morgan fingerprint density at radius 2 is 2.00 bits per heavy atom. The van der Waals surface area contributed by atoms with Gasteiger partial charge in [0.1, 0.15) is 6.54 Å². The minimum absolute atomic E-state index is 0.0432. The summed E-state index contributed by atoms with van der Waals surface area (Å²) in [5.74, 6) is -1.05. The van der Waals surface area contributed by atoms with Gasteiger partial charge < -0.3 is 19.5 Å².